The molecule has 0 aromatic carbocycles. The Kier molecular flexibility index (Phi) is 4.06. The molecule has 0 aliphatic carbocycles. The molecule has 0 aliphatic rings. The van der Waals surface area contributed by atoms with Crippen LogP contribution in [-0.2, 0) is 0 Å². The molecule has 4 nitrogen and oxygen atoms in total. The number of thiazole rings is 1. The third kappa shape index (κ3) is 3.00. The monoisotopic (exact) mass is 378 g/mol. The lowest BCUT2D eigenvalue weighted by molar-refractivity contribution is 0.629. The zero-order chi connectivity index (χ0) is 18.3. The molecule has 0 atom stereocenters. The second-order valence-electron chi connectivity index (χ2n) is 6.95. The summed E-state index contributed by atoms with van der Waals surface area (Å²) in [6.45, 7) is 6.41. The molecule has 0 unspecified atom stereocenters. The number of thiophene rings is 1. The van der Waals surface area contributed by atoms with Gasteiger partial charge in [-0.05, 0) is 39.0 Å². The van der Waals surface area contributed by atoms with Gasteiger partial charge in [-0.2, -0.15) is 0 Å². The van der Waals surface area contributed by atoms with Gasteiger partial charge in [0.15, 0.2) is 0 Å². The number of hydrogen-bond donors (Lipinski definition) is 1. The highest BCUT2D eigenvalue weighted by Crippen LogP contribution is 2.41. The highest BCUT2D eigenvalue weighted by molar-refractivity contribution is 7.23. The van der Waals surface area contributed by atoms with Crippen molar-refractivity contribution in [2.75, 3.05) is 5.32 Å². The van der Waals surface area contributed by atoms with Gasteiger partial charge in [-0.25, -0.2) is 9.97 Å². The predicted octanol–water partition coefficient (Wildman–Crippen LogP) is 5.38. The molecule has 0 saturated heterocycles. The van der Waals surface area contributed by atoms with Crippen LogP contribution in [0, 0.1) is 12.3 Å². The third-order valence-electron chi connectivity index (χ3n) is 3.77. The van der Waals surface area contributed by atoms with Crippen molar-refractivity contribution in [3.05, 3.63) is 47.6 Å². The van der Waals surface area contributed by atoms with Crippen LogP contribution < -0.4 is 5.32 Å². The second-order valence-corrected chi connectivity index (χ2v) is 8.89. The van der Waals surface area contributed by atoms with Gasteiger partial charge in [0, 0.05) is 28.9 Å². The van der Waals surface area contributed by atoms with Gasteiger partial charge in [0.1, 0.15) is 22.2 Å². The van der Waals surface area contributed by atoms with Crippen molar-refractivity contribution in [3.63, 3.8) is 0 Å². The first kappa shape index (κ1) is 16.8. The lowest BCUT2D eigenvalue weighted by Gasteiger charge is -2.22. The molecule has 0 amide bonds. The number of terminal acetylenes is 1. The summed E-state index contributed by atoms with van der Waals surface area (Å²) >= 11 is 3.25. The zero-order valence-corrected chi connectivity index (χ0v) is 16.4. The lowest BCUT2D eigenvalue weighted by Crippen LogP contribution is -2.27. The number of nitrogens with zero attached hydrogens (tertiary/aromatic N) is 3. The number of fused-ring (bicyclic) bond motifs is 1. The van der Waals surface area contributed by atoms with E-state index in [1.807, 2.05) is 42.0 Å². The van der Waals surface area contributed by atoms with Crippen molar-refractivity contribution < 1.29 is 0 Å². The molecule has 0 fully saturated rings. The Balaban J connectivity index is 1.94. The molecule has 0 aliphatic heterocycles. The summed E-state index contributed by atoms with van der Waals surface area (Å²) < 4.78 is 2.07. The van der Waals surface area contributed by atoms with Crippen LogP contribution in [0.5, 0.6) is 0 Å². The summed E-state index contributed by atoms with van der Waals surface area (Å²) in [4.78, 5) is 11.3. The minimum Gasteiger partial charge on any atom is -0.365 e. The maximum absolute atomic E-state index is 5.81. The quantitative estimate of drug-likeness (QED) is 0.487. The number of anilines is 1. The fourth-order valence-corrected chi connectivity index (χ4v) is 4.57. The van der Waals surface area contributed by atoms with E-state index < -0.39 is 0 Å². The molecule has 0 bridgehead atoms. The molecule has 6 heteroatoms. The predicted molar refractivity (Wildman–Crippen MR) is 111 cm³/mol. The van der Waals surface area contributed by atoms with Crippen LogP contribution in [0.25, 0.3) is 26.1 Å². The summed E-state index contributed by atoms with van der Waals surface area (Å²) in [6, 6.07) is 8.03. The smallest absolute Gasteiger partial charge is 0.140 e. The molecule has 1 N–H and O–H groups in total. The van der Waals surface area contributed by atoms with Gasteiger partial charge in [0.25, 0.3) is 0 Å². The summed E-state index contributed by atoms with van der Waals surface area (Å²) in [5.41, 5.74) is 2.51. The summed E-state index contributed by atoms with van der Waals surface area (Å²) in [5, 5.41) is 6.54. The maximum Gasteiger partial charge on any atom is 0.140 e. The number of hydrogen-bond acceptors (Lipinski definition) is 5. The van der Waals surface area contributed by atoms with Crippen molar-refractivity contribution in [2.45, 2.75) is 26.3 Å². The average molecular weight is 379 g/mol. The molecule has 0 saturated carbocycles. The zero-order valence-electron chi connectivity index (χ0n) is 14.8. The Labute approximate surface area is 160 Å². The number of rotatable bonds is 3. The fourth-order valence-electron chi connectivity index (χ4n) is 2.75. The highest BCUT2D eigenvalue weighted by atomic mass is 32.1. The van der Waals surface area contributed by atoms with Crippen LogP contribution in [0.15, 0.2) is 42.0 Å². The van der Waals surface area contributed by atoms with E-state index in [0.29, 0.717) is 0 Å². The number of nitrogens with one attached hydrogen (secondary N) is 1. The Bertz CT molecular complexity index is 1110. The van der Waals surface area contributed by atoms with Crippen LogP contribution in [0.1, 0.15) is 26.3 Å². The van der Waals surface area contributed by atoms with Gasteiger partial charge < -0.3 is 5.32 Å². The average Bonchev–Trinajstić information content (AvgIpc) is 3.31. The van der Waals surface area contributed by atoms with Crippen molar-refractivity contribution >= 4 is 34.1 Å². The fraction of sp³-hybridized carbons (Fsp3) is 0.200. The van der Waals surface area contributed by atoms with E-state index in [4.69, 9.17) is 11.4 Å². The number of pyridine rings is 1. The number of imidazole rings is 1. The van der Waals surface area contributed by atoms with Gasteiger partial charge in [0.05, 0.1) is 9.75 Å². The van der Waals surface area contributed by atoms with Crippen LogP contribution in [0.4, 0.5) is 5.82 Å². The van der Waals surface area contributed by atoms with Gasteiger partial charge >= 0.3 is 0 Å². The van der Waals surface area contributed by atoms with E-state index in [0.717, 1.165) is 37.5 Å². The summed E-state index contributed by atoms with van der Waals surface area (Å²) in [5.74, 6) is 3.78. The second kappa shape index (κ2) is 6.27. The SMILES string of the molecule is C#Cc1cc(-c2nccs2)sc1-c1nc2ccccn2c1NC(C)(C)C. The molecule has 4 aromatic heterocycles. The molecule has 4 aromatic rings. The van der Waals surface area contributed by atoms with E-state index in [9.17, 15) is 0 Å². The molecular formula is C20H18N4S2. The van der Waals surface area contributed by atoms with Gasteiger partial charge in [-0.3, -0.25) is 4.40 Å². The lowest BCUT2D eigenvalue weighted by atomic mass is 10.1. The van der Waals surface area contributed by atoms with Crippen molar-refractivity contribution in [1.82, 2.24) is 14.4 Å². The Morgan fingerprint density at radius 2 is 2.12 bits per heavy atom. The van der Waals surface area contributed by atoms with Gasteiger partial charge in [0.2, 0.25) is 0 Å². The minimum absolute atomic E-state index is 0.105. The summed E-state index contributed by atoms with van der Waals surface area (Å²) in [6.07, 6.45) is 9.64. The number of aromatic nitrogens is 3. The summed E-state index contributed by atoms with van der Waals surface area (Å²) in [7, 11) is 0. The molecule has 130 valence electrons. The minimum atomic E-state index is -0.105. The maximum atomic E-state index is 5.81. The molecule has 4 heterocycles. The van der Waals surface area contributed by atoms with Gasteiger partial charge in [-0.1, -0.05) is 12.0 Å². The molecule has 26 heavy (non-hydrogen) atoms. The molecule has 4 rings (SSSR count). The molecule has 0 spiro atoms. The van der Waals surface area contributed by atoms with Crippen molar-refractivity contribution in [1.29, 1.82) is 0 Å². The molecule has 0 radical (unpaired) electrons. The normalized spacial score (nSPS) is 11.6. The van der Waals surface area contributed by atoms with E-state index >= 15 is 0 Å². The first-order valence-electron chi connectivity index (χ1n) is 8.22. The Morgan fingerprint density at radius 1 is 1.27 bits per heavy atom. The molecular weight excluding hydrogens is 360 g/mol. The highest BCUT2D eigenvalue weighted by Gasteiger charge is 2.23. The third-order valence-corrected chi connectivity index (χ3v) is 5.85. The first-order chi connectivity index (χ1) is 12.5. The van der Waals surface area contributed by atoms with Crippen LogP contribution >= 0.6 is 22.7 Å². The van der Waals surface area contributed by atoms with E-state index in [-0.39, 0.29) is 5.54 Å². The Morgan fingerprint density at radius 3 is 2.81 bits per heavy atom. The van der Waals surface area contributed by atoms with Crippen molar-refractivity contribution in [2.24, 2.45) is 0 Å². The van der Waals surface area contributed by atoms with E-state index in [1.54, 1.807) is 22.7 Å². The van der Waals surface area contributed by atoms with E-state index in [1.165, 1.54) is 0 Å². The Hall–Kier alpha value is -2.62. The van der Waals surface area contributed by atoms with Crippen LogP contribution in [0.3, 0.4) is 0 Å². The largest absolute Gasteiger partial charge is 0.365 e. The van der Waals surface area contributed by atoms with Gasteiger partial charge in [-0.15, -0.1) is 29.1 Å². The van der Waals surface area contributed by atoms with Crippen LogP contribution in [0.2, 0.25) is 0 Å². The van der Waals surface area contributed by atoms with E-state index in [2.05, 4.69) is 41.4 Å². The standard InChI is InChI=1S/C20H18N4S2/c1-5-13-12-14(19-21-9-11-25-19)26-17(13)16-18(23-20(2,3)4)24-10-7-6-8-15(24)22-16/h1,6-12,23H,2-4H3. The van der Waals surface area contributed by atoms with Crippen LogP contribution in [-0.4, -0.2) is 19.9 Å². The van der Waals surface area contributed by atoms with Crippen molar-refractivity contribution in [3.8, 4) is 32.8 Å². The first-order valence-corrected chi connectivity index (χ1v) is 9.92. The topological polar surface area (TPSA) is 42.2 Å².